The Morgan fingerprint density at radius 3 is 2.88 bits per heavy atom. The Bertz CT molecular complexity index is 756. The van der Waals surface area contributed by atoms with Crippen LogP contribution in [0.3, 0.4) is 0 Å². The number of sulfonamides is 1. The molecule has 4 rings (SSSR count). The monoisotopic (exact) mass is 352 g/mol. The number of nitrogens with zero attached hydrogens (tertiary/aromatic N) is 3. The number of morpholine rings is 1. The zero-order chi connectivity index (χ0) is 16.9. The smallest absolute Gasteiger partial charge is 0.317 e. The van der Waals surface area contributed by atoms with E-state index >= 15 is 0 Å². The number of hydrogen-bond acceptors (Lipinski definition) is 5. The van der Waals surface area contributed by atoms with Crippen molar-refractivity contribution in [1.29, 1.82) is 0 Å². The van der Waals surface area contributed by atoms with Gasteiger partial charge in [-0.2, -0.15) is 4.31 Å². The summed E-state index contributed by atoms with van der Waals surface area (Å²) in [7, 11) is -1.87. The van der Waals surface area contributed by atoms with Gasteiger partial charge in [0.05, 0.1) is 12.6 Å². The van der Waals surface area contributed by atoms with Gasteiger partial charge in [0, 0.05) is 39.1 Å². The lowest BCUT2D eigenvalue weighted by atomic mass is 9.99. The maximum Gasteiger partial charge on any atom is 0.317 e. The van der Waals surface area contributed by atoms with Crippen LogP contribution >= 0.6 is 0 Å². The van der Waals surface area contributed by atoms with Gasteiger partial charge in [0.1, 0.15) is 10.9 Å². The van der Waals surface area contributed by atoms with Crippen LogP contribution in [0.1, 0.15) is 12.0 Å². The van der Waals surface area contributed by atoms with E-state index in [0.717, 1.165) is 5.56 Å². The zero-order valence-corrected chi connectivity index (χ0v) is 14.2. The first-order valence-corrected chi connectivity index (χ1v) is 9.47. The number of nitrogens with one attached hydrogen (secondary N) is 1. The molecule has 130 valence electrons. The number of amides is 2. The first-order chi connectivity index (χ1) is 11.4. The fraction of sp³-hybridized carbons (Fsp3) is 0.600. The maximum atomic E-state index is 13.0. The number of urea groups is 1. The highest BCUT2D eigenvalue weighted by atomic mass is 32.2. The van der Waals surface area contributed by atoms with Crippen molar-refractivity contribution in [2.75, 3.05) is 26.7 Å². The molecule has 0 aromatic carbocycles. The minimum atomic E-state index is -3.45. The van der Waals surface area contributed by atoms with Crippen LogP contribution in [0.15, 0.2) is 24.5 Å². The van der Waals surface area contributed by atoms with Gasteiger partial charge in [-0.1, -0.05) is 0 Å². The van der Waals surface area contributed by atoms with Crippen molar-refractivity contribution in [2.24, 2.45) is 0 Å². The van der Waals surface area contributed by atoms with Gasteiger partial charge in [0.25, 0.3) is 0 Å². The molecule has 3 aliphatic rings. The van der Waals surface area contributed by atoms with Gasteiger partial charge in [0.15, 0.2) is 0 Å². The summed E-state index contributed by atoms with van der Waals surface area (Å²) in [6.45, 7) is 1.33. The highest BCUT2D eigenvalue weighted by Gasteiger charge is 2.65. The second kappa shape index (κ2) is 5.40. The Labute approximate surface area is 140 Å². The summed E-state index contributed by atoms with van der Waals surface area (Å²) >= 11 is 0. The lowest BCUT2D eigenvalue weighted by molar-refractivity contribution is -0.0956. The second-order valence-electron chi connectivity index (χ2n) is 6.63. The van der Waals surface area contributed by atoms with Crippen molar-refractivity contribution < 1.29 is 17.9 Å². The van der Waals surface area contributed by atoms with Crippen LogP contribution in [0.2, 0.25) is 0 Å². The molecule has 8 nitrogen and oxygen atoms in total. The van der Waals surface area contributed by atoms with Gasteiger partial charge < -0.3 is 15.0 Å². The van der Waals surface area contributed by atoms with Crippen molar-refractivity contribution in [3.05, 3.63) is 30.1 Å². The van der Waals surface area contributed by atoms with Crippen LogP contribution in [-0.2, 0) is 21.3 Å². The molecule has 3 fully saturated rings. The average molecular weight is 352 g/mol. The van der Waals surface area contributed by atoms with Gasteiger partial charge in [0.2, 0.25) is 10.0 Å². The van der Waals surface area contributed by atoms with Crippen LogP contribution in [0.5, 0.6) is 0 Å². The Hall–Kier alpha value is -1.71. The minimum absolute atomic E-state index is 0.187. The molecule has 0 saturated carbocycles. The third-order valence-corrected chi connectivity index (χ3v) is 7.44. The number of carbonyl (C=O) groups excluding carboxylic acids is 1. The second-order valence-corrected chi connectivity index (χ2v) is 8.75. The standard InChI is InChI=1S/C15H20N4O4S/c1-16-14(20)18-8-12-6-13-15(9-18,23-12)10-19(24(13,21)22)7-11-2-4-17-5-3-11/h2-5,12-13H,6-10H2,1H3,(H,16,20)/t12-,13+,15+/m0/s1. The number of carbonyl (C=O) groups is 1. The number of rotatable bonds is 2. The molecule has 1 aromatic heterocycles. The van der Waals surface area contributed by atoms with Gasteiger partial charge >= 0.3 is 6.03 Å². The highest BCUT2D eigenvalue weighted by Crippen LogP contribution is 2.46. The largest absolute Gasteiger partial charge is 0.365 e. The average Bonchev–Trinajstić information content (AvgIpc) is 2.94. The third kappa shape index (κ3) is 2.30. The number of pyridine rings is 1. The number of ether oxygens (including phenoxy) is 1. The zero-order valence-electron chi connectivity index (χ0n) is 13.4. The molecule has 3 aliphatic heterocycles. The number of hydrogen-bond donors (Lipinski definition) is 1. The molecule has 3 atom stereocenters. The summed E-state index contributed by atoms with van der Waals surface area (Å²) in [5.41, 5.74) is 0.0712. The predicted octanol–water partition coefficient (Wildman–Crippen LogP) is -0.222. The van der Waals surface area contributed by atoms with Crippen molar-refractivity contribution in [1.82, 2.24) is 19.5 Å². The third-order valence-electron chi connectivity index (χ3n) is 5.12. The Balaban J connectivity index is 1.61. The molecule has 2 amide bonds. The van der Waals surface area contributed by atoms with E-state index in [9.17, 15) is 13.2 Å². The molecule has 4 heterocycles. The molecule has 1 spiro atoms. The van der Waals surface area contributed by atoms with Crippen LogP contribution < -0.4 is 5.32 Å². The van der Waals surface area contributed by atoms with Gasteiger partial charge in [-0.05, 0) is 24.1 Å². The first-order valence-electron chi connectivity index (χ1n) is 7.97. The van der Waals surface area contributed by atoms with E-state index in [1.807, 2.05) is 12.1 Å². The normalized spacial score (nSPS) is 34.1. The van der Waals surface area contributed by atoms with Crippen LogP contribution in [0.25, 0.3) is 0 Å². The first kappa shape index (κ1) is 15.8. The summed E-state index contributed by atoms with van der Waals surface area (Å²) < 4.78 is 33.5. The summed E-state index contributed by atoms with van der Waals surface area (Å²) in [4.78, 5) is 17.6. The van der Waals surface area contributed by atoms with E-state index in [1.165, 1.54) is 4.31 Å². The van der Waals surface area contributed by atoms with Crippen molar-refractivity contribution >= 4 is 16.1 Å². The summed E-state index contributed by atoms with van der Waals surface area (Å²) in [5.74, 6) is 0. The Morgan fingerprint density at radius 1 is 1.42 bits per heavy atom. The van der Waals surface area contributed by atoms with Gasteiger partial charge in [-0.25, -0.2) is 13.2 Å². The van der Waals surface area contributed by atoms with Gasteiger partial charge in [-0.3, -0.25) is 4.98 Å². The molecule has 24 heavy (non-hydrogen) atoms. The lowest BCUT2D eigenvalue weighted by Crippen LogP contribution is -2.58. The van der Waals surface area contributed by atoms with Crippen LogP contribution in [-0.4, -0.2) is 72.3 Å². The number of aromatic nitrogens is 1. The maximum absolute atomic E-state index is 13.0. The van der Waals surface area contributed by atoms with Crippen LogP contribution in [0.4, 0.5) is 4.79 Å². The number of fused-ring (bicyclic) bond motifs is 1. The highest BCUT2D eigenvalue weighted by molar-refractivity contribution is 7.90. The Morgan fingerprint density at radius 2 is 2.17 bits per heavy atom. The minimum Gasteiger partial charge on any atom is -0.365 e. The molecular formula is C15H20N4O4S. The molecule has 1 N–H and O–H groups in total. The SMILES string of the molecule is CNC(=O)N1C[C@@H]2C[C@@H]3[C@@](C1)(CN(Cc1ccncc1)S3(=O)=O)O2. The summed E-state index contributed by atoms with van der Waals surface area (Å²) in [5, 5.41) is 2.04. The van der Waals surface area contributed by atoms with E-state index in [1.54, 1.807) is 24.3 Å². The fourth-order valence-corrected chi connectivity index (χ4v) is 6.39. The Kier molecular flexibility index (Phi) is 3.55. The van der Waals surface area contributed by atoms with Crippen LogP contribution in [0, 0.1) is 0 Å². The summed E-state index contributed by atoms with van der Waals surface area (Å²) in [6, 6.07) is 3.43. The molecule has 9 heteroatoms. The molecule has 3 saturated heterocycles. The molecule has 0 unspecified atom stereocenters. The molecule has 2 bridgehead atoms. The van der Waals surface area contributed by atoms with Crippen molar-refractivity contribution in [3.8, 4) is 0 Å². The lowest BCUT2D eigenvalue weighted by Gasteiger charge is -2.39. The summed E-state index contributed by atoms with van der Waals surface area (Å²) in [6.07, 6.45) is 3.54. The van der Waals surface area contributed by atoms with E-state index in [2.05, 4.69) is 10.3 Å². The van der Waals surface area contributed by atoms with Gasteiger partial charge in [-0.15, -0.1) is 0 Å². The predicted molar refractivity (Wildman–Crippen MR) is 85.6 cm³/mol. The quantitative estimate of drug-likeness (QED) is 0.794. The molecule has 0 radical (unpaired) electrons. The topological polar surface area (TPSA) is 91.8 Å². The van der Waals surface area contributed by atoms with Crippen molar-refractivity contribution in [3.63, 3.8) is 0 Å². The molecule has 0 aliphatic carbocycles. The number of likely N-dealkylation sites (tertiary alicyclic amines) is 1. The molecule has 1 aromatic rings. The van der Waals surface area contributed by atoms with Crippen molar-refractivity contribution in [2.45, 2.75) is 29.9 Å². The van der Waals surface area contributed by atoms with E-state index < -0.39 is 20.9 Å². The molecular weight excluding hydrogens is 332 g/mol. The van der Waals surface area contributed by atoms with E-state index in [4.69, 9.17) is 4.74 Å². The van der Waals surface area contributed by atoms with E-state index in [0.29, 0.717) is 26.1 Å². The fourth-order valence-electron chi connectivity index (χ4n) is 4.09. The van der Waals surface area contributed by atoms with E-state index in [-0.39, 0.29) is 18.7 Å².